The van der Waals surface area contributed by atoms with Crippen molar-refractivity contribution in [1.29, 1.82) is 0 Å². The van der Waals surface area contributed by atoms with Crippen molar-refractivity contribution in [3.05, 3.63) is 17.8 Å². The van der Waals surface area contributed by atoms with Crippen molar-refractivity contribution < 1.29 is 9.53 Å². The number of nitrogens with two attached hydrogens (primary N) is 2. The first kappa shape index (κ1) is 12.3. The molecule has 4 unspecified atom stereocenters. The largest absolute Gasteiger partial charge is 0.376 e. The normalized spacial score (nSPS) is 33.1. The maximum absolute atomic E-state index is 10.9. The highest BCUT2D eigenvalue weighted by Crippen LogP contribution is 2.38. The minimum atomic E-state index is -0.588. The standard InChI is InChI=1S/C12H17N5O2/c13-9-6-2-1-5-19-11(6)10(9)15-8-4-3-7(12(14)18)16-17-8/h3-4,6,9-11H,1-2,5,13H2,(H2,14,18)(H,15,17). The lowest BCUT2D eigenvalue weighted by Gasteiger charge is -2.52. The molecule has 2 fully saturated rings. The number of primary amides is 1. The van der Waals surface area contributed by atoms with Crippen molar-refractivity contribution >= 4 is 11.7 Å². The summed E-state index contributed by atoms with van der Waals surface area (Å²) in [5.41, 5.74) is 11.4. The molecule has 1 aromatic heterocycles. The number of ether oxygens (including phenoxy) is 1. The van der Waals surface area contributed by atoms with Gasteiger partial charge in [-0.2, -0.15) is 0 Å². The molecule has 4 atom stereocenters. The van der Waals surface area contributed by atoms with Crippen LogP contribution in [-0.2, 0) is 4.74 Å². The molecule has 3 rings (SSSR count). The average molecular weight is 263 g/mol. The summed E-state index contributed by atoms with van der Waals surface area (Å²) in [5, 5.41) is 10.9. The maximum atomic E-state index is 10.9. The number of amides is 1. The highest BCUT2D eigenvalue weighted by atomic mass is 16.5. The highest BCUT2D eigenvalue weighted by Gasteiger charge is 2.50. The van der Waals surface area contributed by atoms with Crippen molar-refractivity contribution in [3.8, 4) is 0 Å². The Labute approximate surface area is 110 Å². The van der Waals surface area contributed by atoms with Gasteiger partial charge in [-0.15, -0.1) is 10.2 Å². The van der Waals surface area contributed by atoms with Gasteiger partial charge in [0.1, 0.15) is 5.82 Å². The summed E-state index contributed by atoms with van der Waals surface area (Å²) >= 11 is 0. The predicted octanol–water partition coefficient (Wildman–Crippen LogP) is -0.508. The van der Waals surface area contributed by atoms with Gasteiger partial charge < -0.3 is 21.5 Å². The zero-order chi connectivity index (χ0) is 13.4. The summed E-state index contributed by atoms with van der Waals surface area (Å²) in [6, 6.07) is 3.35. The summed E-state index contributed by atoms with van der Waals surface area (Å²) in [6.45, 7) is 0.790. The summed E-state index contributed by atoms with van der Waals surface area (Å²) in [6.07, 6.45) is 2.35. The third kappa shape index (κ3) is 2.15. The molecule has 1 aliphatic heterocycles. The van der Waals surface area contributed by atoms with E-state index in [2.05, 4.69) is 15.5 Å². The molecule has 0 aromatic carbocycles. The molecule has 0 radical (unpaired) electrons. The SMILES string of the molecule is NC(=O)c1ccc(NC2C(N)C3CCCOC32)nn1. The van der Waals surface area contributed by atoms with Crippen LogP contribution in [0.5, 0.6) is 0 Å². The molecule has 1 saturated carbocycles. The number of anilines is 1. The first-order valence-corrected chi connectivity index (χ1v) is 6.44. The van der Waals surface area contributed by atoms with Gasteiger partial charge in [0.25, 0.3) is 5.91 Å². The number of carbonyl (C=O) groups excluding carboxylic acids is 1. The van der Waals surface area contributed by atoms with E-state index in [0.29, 0.717) is 11.7 Å². The topological polar surface area (TPSA) is 116 Å². The monoisotopic (exact) mass is 263 g/mol. The van der Waals surface area contributed by atoms with Crippen molar-refractivity contribution in [2.75, 3.05) is 11.9 Å². The third-order valence-corrected chi connectivity index (χ3v) is 3.91. The molecule has 7 nitrogen and oxygen atoms in total. The number of fused-ring (bicyclic) bond motifs is 1. The molecule has 0 spiro atoms. The molecule has 5 N–H and O–H groups in total. The summed E-state index contributed by atoms with van der Waals surface area (Å²) in [7, 11) is 0. The van der Waals surface area contributed by atoms with Gasteiger partial charge >= 0.3 is 0 Å². The molecule has 2 aliphatic rings. The van der Waals surface area contributed by atoms with E-state index in [1.54, 1.807) is 12.1 Å². The van der Waals surface area contributed by atoms with Gasteiger partial charge in [0, 0.05) is 18.6 Å². The van der Waals surface area contributed by atoms with Crippen molar-refractivity contribution in [2.24, 2.45) is 17.4 Å². The zero-order valence-corrected chi connectivity index (χ0v) is 10.5. The van der Waals surface area contributed by atoms with Gasteiger partial charge in [0.2, 0.25) is 0 Å². The van der Waals surface area contributed by atoms with E-state index >= 15 is 0 Å². The Morgan fingerprint density at radius 3 is 2.95 bits per heavy atom. The first-order valence-electron chi connectivity index (χ1n) is 6.44. The average Bonchev–Trinajstić information content (AvgIpc) is 2.45. The van der Waals surface area contributed by atoms with Gasteiger partial charge in [-0.1, -0.05) is 0 Å². The molecule has 1 amide bonds. The van der Waals surface area contributed by atoms with E-state index in [-0.39, 0.29) is 23.9 Å². The number of aromatic nitrogens is 2. The van der Waals surface area contributed by atoms with E-state index in [1.165, 1.54) is 0 Å². The number of hydrogen-bond acceptors (Lipinski definition) is 6. The summed E-state index contributed by atoms with van der Waals surface area (Å²) < 4.78 is 5.73. The van der Waals surface area contributed by atoms with Gasteiger partial charge in [-0.25, -0.2) is 0 Å². The molecule has 2 heterocycles. The lowest BCUT2D eigenvalue weighted by Crippen LogP contribution is -2.69. The molecule has 1 saturated heterocycles. The summed E-state index contributed by atoms with van der Waals surface area (Å²) in [5.74, 6) is 0.428. The van der Waals surface area contributed by atoms with Crippen LogP contribution in [0.25, 0.3) is 0 Å². The van der Waals surface area contributed by atoms with Gasteiger partial charge in [0.15, 0.2) is 5.69 Å². The van der Waals surface area contributed by atoms with E-state index in [4.69, 9.17) is 16.2 Å². The van der Waals surface area contributed by atoms with Crippen LogP contribution in [0.2, 0.25) is 0 Å². The van der Waals surface area contributed by atoms with E-state index in [9.17, 15) is 4.79 Å². The van der Waals surface area contributed by atoms with Crippen molar-refractivity contribution in [3.63, 3.8) is 0 Å². The molecule has 0 bridgehead atoms. The highest BCUT2D eigenvalue weighted by molar-refractivity contribution is 5.90. The van der Waals surface area contributed by atoms with Crippen LogP contribution in [0, 0.1) is 5.92 Å². The smallest absolute Gasteiger partial charge is 0.269 e. The van der Waals surface area contributed by atoms with E-state index < -0.39 is 5.91 Å². The Morgan fingerprint density at radius 1 is 1.42 bits per heavy atom. The summed E-state index contributed by atoms with van der Waals surface area (Å²) in [4.78, 5) is 10.9. The van der Waals surface area contributed by atoms with Crippen LogP contribution >= 0.6 is 0 Å². The number of carbonyl (C=O) groups is 1. The van der Waals surface area contributed by atoms with Crippen LogP contribution in [-0.4, -0.2) is 40.9 Å². The van der Waals surface area contributed by atoms with Crippen LogP contribution in [0.4, 0.5) is 5.82 Å². The van der Waals surface area contributed by atoms with Crippen molar-refractivity contribution in [1.82, 2.24) is 10.2 Å². The molecule has 7 heteroatoms. The number of nitrogens with one attached hydrogen (secondary N) is 1. The van der Waals surface area contributed by atoms with Gasteiger partial charge in [-0.3, -0.25) is 4.79 Å². The number of rotatable bonds is 3. The molecular formula is C12H17N5O2. The number of hydrogen-bond donors (Lipinski definition) is 3. The lowest BCUT2D eigenvalue weighted by atomic mass is 9.68. The minimum Gasteiger partial charge on any atom is -0.376 e. The first-order chi connectivity index (χ1) is 9.16. The maximum Gasteiger partial charge on any atom is 0.269 e. The van der Waals surface area contributed by atoms with Crippen molar-refractivity contribution in [2.45, 2.75) is 31.0 Å². The Balaban J connectivity index is 1.66. The third-order valence-electron chi connectivity index (χ3n) is 3.91. The van der Waals surface area contributed by atoms with Gasteiger partial charge in [0.05, 0.1) is 12.1 Å². The molecule has 1 aromatic rings. The molecular weight excluding hydrogens is 246 g/mol. The Kier molecular flexibility index (Phi) is 3.08. The number of nitrogens with zero attached hydrogens (tertiary/aromatic N) is 2. The zero-order valence-electron chi connectivity index (χ0n) is 10.5. The quantitative estimate of drug-likeness (QED) is 0.676. The van der Waals surface area contributed by atoms with E-state index in [0.717, 1.165) is 19.4 Å². The molecule has 102 valence electrons. The fraction of sp³-hybridized carbons (Fsp3) is 0.583. The van der Waals surface area contributed by atoms with Crippen LogP contribution in [0.15, 0.2) is 12.1 Å². The Hall–Kier alpha value is -1.73. The molecule has 19 heavy (non-hydrogen) atoms. The fourth-order valence-electron chi connectivity index (χ4n) is 2.84. The molecule has 1 aliphatic carbocycles. The fourth-order valence-corrected chi connectivity index (χ4v) is 2.84. The minimum absolute atomic E-state index is 0.0547. The second-order valence-electron chi connectivity index (χ2n) is 5.06. The van der Waals surface area contributed by atoms with Crippen LogP contribution in [0.3, 0.4) is 0 Å². The van der Waals surface area contributed by atoms with E-state index in [1.807, 2.05) is 0 Å². The van der Waals surface area contributed by atoms with Crippen LogP contribution in [0.1, 0.15) is 23.3 Å². The lowest BCUT2D eigenvalue weighted by molar-refractivity contribution is -0.104. The Bertz CT molecular complexity index is 478. The predicted molar refractivity (Wildman–Crippen MR) is 68.4 cm³/mol. The van der Waals surface area contributed by atoms with Gasteiger partial charge in [-0.05, 0) is 25.0 Å². The van der Waals surface area contributed by atoms with Crippen LogP contribution < -0.4 is 16.8 Å². The second-order valence-corrected chi connectivity index (χ2v) is 5.06. The Morgan fingerprint density at radius 2 is 2.26 bits per heavy atom. The second kappa shape index (κ2) is 4.75.